The maximum atomic E-state index is 11.8. The maximum Gasteiger partial charge on any atom is 0.164 e. The molecule has 0 saturated heterocycles. The molecule has 1 aromatic carbocycles. The third-order valence-electron chi connectivity index (χ3n) is 2.22. The van der Waals surface area contributed by atoms with Gasteiger partial charge in [0.1, 0.15) is 0 Å². The lowest BCUT2D eigenvalue weighted by molar-refractivity contribution is 0.0982. The highest BCUT2D eigenvalue weighted by Gasteiger charge is 2.07. The van der Waals surface area contributed by atoms with Gasteiger partial charge in [0.15, 0.2) is 5.78 Å². The Morgan fingerprint density at radius 1 is 1.50 bits per heavy atom. The van der Waals surface area contributed by atoms with Crippen LogP contribution in [0.4, 0.5) is 5.69 Å². The summed E-state index contributed by atoms with van der Waals surface area (Å²) in [6.45, 7) is 4.77. The highest BCUT2D eigenvalue weighted by atomic mass is 35.5. The largest absolute Gasteiger partial charge is 0.398 e. The van der Waals surface area contributed by atoms with Crippen LogP contribution in [0, 0.1) is 0 Å². The number of nitrogens with two attached hydrogens (primary N) is 1. The first kappa shape index (κ1) is 13.0. The first-order valence-corrected chi connectivity index (χ1v) is 5.70. The Morgan fingerprint density at radius 2 is 2.19 bits per heavy atom. The number of anilines is 1. The van der Waals surface area contributed by atoms with Crippen LogP contribution in [-0.4, -0.2) is 18.4 Å². The molecule has 0 radical (unpaired) electrons. The molecule has 3 N–H and O–H groups in total. The van der Waals surface area contributed by atoms with Gasteiger partial charge < -0.3 is 11.1 Å². The van der Waals surface area contributed by atoms with Gasteiger partial charge in [0, 0.05) is 24.6 Å². The zero-order valence-corrected chi connectivity index (χ0v) is 10.3. The molecule has 16 heavy (non-hydrogen) atoms. The van der Waals surface area contributed by atoms with E-state index in [0.29, 0.717) is 35.3 Å². The predicted molar refractivity (Wildman–Crippen MR) is 68.0 cm³/mol. The number of halogens is 1. The van der Waals surface area contributed by atoms with Crippen LogP contribution in [0.3, 0.4) is 0 Å². The predicted octanol–water partition coefficient (Wildman–Crippen LogP) is 2.49. The number of rotatable bonds is 5. The summed E-state index contributed by atoms with van der Waals surface area (Å²) in [7, 11) is 0. The Hall–Kier alpha value is -1.06. The number of nitrogen functional groups attached to an aromatic ring is 1. The molecule has 0 aliphatic heterocycles. The van der Waals surface area contributed by atoms with Gasteiger partial charge in [-0.25, -0.2) is 0 Å². The summed E-state index contributed by atoms with van der Waals surface area (Å²) < 4.78 is 0. The number of carbonyl (C=O) groups excluding carboxylic acids is 1. The molecule has 0 amide bonds. The maximum absolute atomic E-state index is 11.8. The van der Waals surface area contributed by atoms with Crippen LogP contribution in [0.1, 0.15) is 30.6 Å². The van der Waals surface area contributed by atoms with Gasteiger partial charge in [0.25, 0.3) is 0 Å². The second-order valence-electron chi connectivity index (χ2n) is 4.02. The van der Waals surface area contributed by atoms with E-state index >= 15 is 0 Å². The van der Waals surface area contributed by atoms with Crippen molar-refractivity contribution >= 4 is 23.1 Å². The van der Waals surface area contributed by atoms with Crippen molar-refractivity contribution in [3.63, 3.8) is 0 Å². The lowest BCUT2D eigenvalue weighted by Gasteiger charge is -2.07. The van der Waals surface area contributed by atoms with Crippen LogP contribution in [0.25, 0.3) is 0 Å². The van der Waals surface area contributed by atoms with Crippen molar-refractivity contribution in [2.45, 2.75) is 26.3 Å². The lowest BCUT2D eigenvalue weighted by Crippen LogP contribution is -2.25. The topological polar surface area (TPSA) is 55.1 Å². The first-order valence-electron chi connectivity index (χ1n) is 5.32. The molecule has 0 aliphatic rings. The van der Waals surface area contributed by atoms with E-state index in [0.717, 1.165) is 0 Å². The molecule has 0 heterocycles. The molecule has 0 bridgehead atoms. The van der Waals surface area contributed by atoms with Crippen molar-refractivity contribution in [3.8, 4) is 0 Å². The summed E-state index contributed by atoms with van der Waals surface area (Å²) in [6, 6.07) is 5.37. The molecule has 3 nitrogen and oxygen atoms in total. The standard InChI is InChI=1S/C12H17ClN2O/c1-8(2)15-6-5-12(16)9-3-4-10(13)11(14)7-9/h3-4,7-8,15H,5-6,14H2,1-2H3. The van der Waals surface area contributed by atoms with Gasteiger partial charge in [0.05, 0.1) is 10.7 Å². The zero-order valence-electron chi connectivity index (χ0n) is 9.59. The van der Waals surface area contributed by atoms with Crippen LogP contribution >= 0.6 is 11.6 Å². The molecular weight excluding hydrogens is 224 g/mol. The van der Waals surface area contributed by atoms with Crippen LogP contribution < -0.4 is 11.1 Å². The first-order chi connectivity index (χ1) is 7.50. The van der Waals surface area contributed by atoms with Crippen LogP contribution in [0.2, 0.25) is 5.02 Å². The minimum Gasteiger partial charge on any atom is -0.398 e. The van der Waals surface area contributed by atoms with E-state index in [1.165, 1.54) is 0 Å². The lowest BCUT2D eigenvalue weighted by atomic mass is 10.1. The Kier molecular flexibility index (Phi) is 4.77. The smallest absolute Gasteiger partial charge is 0.164 e. The molecule has 0 spiro atoms. The summed E-state index contributed by atoms with van der Waals surface area (Å²) in [5, 5.41) is 3.68. The Morgan fingerprint density at radius 3 is 2.75 bits per heavy atom. The number of carbonyl (C=O) groups is 1. The fraction of sp³-hybridized carbons (Fsp3) is 0.417. The van der Waals surface area contributed by atoms with E-state index in [1.807, 2.05) is 13.8 Å². The van der Waals surface area contributed by atoms with E-state index in [4.69, 9.17) is 17.3 Å². The second-order valence-corrected chi connectivity index (χ2v) is 4.43. The number of benzene rings is 1. The number of hydrogen-bond donors (Lipinski definition) is 2. The average Bonchev–Trinajstić information content (AvgIpc) is 2.21. The van der Waals surface area contributed by atoms with Crippen LogP contribution in [0.15, 0.2) is 18.2 Å². The van der Waals surface area contributed by atoms with Crippen LogP contribution in [0.5, 0.6) is 0 Å². The van der Waals surface area contributed by atoms with Crippen molar-refractivity contribution < 1.29 is 4.79 Å². The fourth-order valence-electron chi connectivity index (χ4n) is 1.34. The second kappa shape index (κ2) is 5.87. The summed E-state index contributed by atoms with van der Waals surface area (Å²) in [5.74, 6) is 0.0801. The molecule has 0 saturated carbocycles. The summed E-state index contributed by atoms with van der Waals surface area (Å²) in [6.07, 6.45) is 0.471. The van der Waals surface area contributed by atoms with Crippen molar-refractivity contribution in [1.29, 1.82) is 0 Å². The van der Waals surface area contributed by atoms with Crippen molar-refractivity contribution in [2.24, 2.45) is 0 Å². The molecular formula is C12H17ClN2O. The molecule has 1 rings (SSSR count). The summed E-state index contributed by atoms with van der Waals surface area (Å²) >= 11 is 5.78. The van der Waals surface area contributed by atoms with Gasteiger partial charge in [-0.1, -0.05) is 25.4 Å². The molecule has 88 valence electrons. The number of ketones is 1. The molecule has 4 heteroatoms. The van der Waals surface area contributed by atoms with Gasteiger partial charge in [-0.2, -0.15) is 0 Å². The van der Waals surface area contributed by atoms with Gasteiger partial charge >= 0.3 is 0 Å². The third-order valence-corrected chi connectivity index (χ3v) is 2.57. The van der Waals surface area contributed by atoms with E-state index in [-0.39, 0.29) is 5.78 Å². The normalized spacial score (nSPS) is 10.8. The number of nitrogens with one attached hydrogen (secondary N) is 1. The fourth-order valence-corrected chi connectivity index (χ4v) is 1.45. The zero-order chi connectivity index (χ0) is 12.1. The quantitative estimate of drug-likeness (QED) is 0.614. The Labute approximate surface area is 101 Å². The molecule has 1 aromatic rings. The van der Waals surface area contributed by atoms with Crippen molar-refractivity contribution in [2.75, 3.05) is 12.3 Å². The number of Topliss-reactive ketones (excluding diaryl/α,β-unsaturated/α-hetero) is 1. The minimum atomic E-state index is 0.0801. The van der Waals surface area contributed by atoms with Gasteiger partial charge in [-0.3, -0.25) is 4.79 Å². The van der Waals surface area contributed by atoms with E-state index in [9.17, 15) is 4.79 Å². The summed E-state index contributed by atoms with van der Waals surface area (Å²) in [4.78, 5) is 11.8. The van der Waals surface area contributed by atoms with Gasteiger partial charge in [-0.05, 0) is 18.2 Å². The minimum absolute atomic E-state index is 0.0801. The summed E-state index contributed by atoms with van der Waals surface area (Å²) in [5.41, 5.74) is 6.70. The van der Waals surface area contributed by atoms with Gasteiger partial charge in [0.2, 0.25) is 0 Å². The monoisotopic (exact) mass is 240 g/mol. The van der Waals surface area contributed by atoms with Crippen molar-refractivity contribution in [3.05, 3.63) is 28.8 Å². The molecule has 0 unspecified atom stereocenters. The molecule has 0 aliphatic carbocycles. The van der Waals surface area contributed by atoms with E-state index in [1.54, 1.807) is 18.2 Å². The Balaban J connectivity index is 2.56. The molecule has 0 atom stereocenters. The molecule has 0 aromatic heterocycles. The Bertz CT molecular complexity index is 377. The number of hydrogen-bond acceptors (Lipinski definition) is 3. The van der Waals surface area contributed by atoms with E-state index < -0.39 is 0 Å². The van der Waals surface area contributed by atoms with E-state index in [2.05, 4.69) is 5.32 Å². The SMILES string of the molecule is CC(C)NCCC(=O)c1ccc(Cl)c(N)c1. The highest BCUT2D eigenvalue weighted by molar-refractivity contribution is 6.33. The average molecular weight is 241 g/mol. The van der Waals surface area contributed by atoms with Crippen molar-refractivity contribution in [1.82, 2.24) is 5.32 Å². The van der Waals surface area contributed by atoms with Gasteiger partial charge in [-0.15, -0.1) is 0 Å². The third kappa shape index (κ3) is 3.83. The molecule has 0 fully saturated rings. The van der Waals surface area contributed by atoms with Crippen LogP contribution in [-0.2, 0) is 0 Å². The highest BCUT2D eigenvalue weighted by Crippen LogP contribution is 2.20.